The molecule has 2 rings (SSSR count). The molecule has 0 unspecified atom stereocenters. The summed E-state index contributed by atoms with van der Waals surface area (Å²) in [7, 11) is 0. The number of ether oxygens (including phenoxy) is 1. The molecule has 1 aromatic rings. The molecular weight excluding hydrogens is 236 g/mol. The molecule has 3 heteroatoms. The van der Waals surface area contributed by atoms with E-state index in [2.05, 4.69) is 42.8 Å². The maximum absolute atomic E-state index is 5.77. The van der Waals surface area contributed by atoms with Gasteiger partial charge >= 0.3 is 0 Å². The molecule has 0 aromatic heterocycles. The van der Waals surface area contributed by atoms with Crippen molar-refractivity contribution in [2.24, 2.45) is 0 Å². The summed E-state index contributed by atoms with van der Waals surface area (Å²) in [5, 5.41) is 3.41. The second kappa shape index (κ2) is 6.73. The molecule has 1 aliphatic rings. The van der Waals surface area contributed by atoms with Crippen LogP contribution in [0.1, 0.15) is 19.4 Å². The summed E-state index contributed by atoms with van der Waals surface area (Å²) in [6.45, 7) is 12.9. The predicted molar refractivity (Wildman–Crippen MR) is 79.5 cm³/mol. The van der Waals surface area contributed by atoms with Crippen molar-refractivity contribution in [2.75, 3.05) is 26.2 Å². The molecule has 1 heterocycles. The van der Waals surface area contributed by atoms with Gasteiger partial charge in [-0.15, -0.1) is 0 Å². The first kappa shape index (κ1) is 14.1. The molecule has 3 nitrogen and oxygen atoms in total. The summed E-state index contributed by atoms with van der Waals surface area (Å²) in [5.41, 5.74) is 2.50. The number of fused-ring (bicyclic) bond motifs is 1. The Labute approximate surface area is 116 Å². The highest BCUT2D eigenvalue weighted by molar-refractivity contribution is 5.33. The van der Waals surface area contributed by atoms with Crippen LogP contribution in [-0.2, 0) is 6.54 Å². The highest BCUT2D eigenvalue weighted by Gasteiger charge is 2.15. The van der Waals surface area contributed by atoms with E-state index in [1.807, 2.05) is 12.1 Å². The van der Waals surface area contributed by atoms with Gasteiger partial charge in [0.25, 0.3) is 0 Å². The smallest absolute Gasteiger partial charge is 0.123 e. The van der Waals surface area contributed by atoms with Crippen LogP contribution in [0.4, 0.5) is 0 Å². The van der Waals surface area contributed by atoms with Gasteiger partial charge in [0, 0.05) is 37.8 Å². The fraction of sp³-hybridized carbons (Fsp3) is 0.500. The average Bonchev–Trinajstić information content (AvgIpc) is 2.58. The summed E-state index contributed by atoms with van der Waals surface area (Å²) in [5.74, 6) is 1.02. The normalized spacial score (nSPS) is 15.7. The Morgan fingerprint density at radius 3 is 3.00 bits per heavy atom. The number of nitrogens with zero attached hydrogens (tertiary/aromatic N) is 1. The van der Waals surface area contributed by atoms with Crippen LogP contribution in [0, 0.1) is 0 Å². The quantitative estimate of drug-likeness (QED) is 0.823. The molecule has 0 aliphatic carbocycles. The molecule has 0 saturated carbocycles. The maximum Gasteiger partial charge on any atom is 0.123 e. The van der Waals surface area contributed by atoms with E-state index < -0.39 is 0 Å². The van der Waals surface area contributed by atoms with Gasteiger partial charge in [-0.1, -0.05) is 38.6 Å². The van der Waals surface area contributed by atoms with Crippen molar-refractivity contribution in [3.05, 3.63) is 42.0 Å². The number of hydrogen-bond donors (Lipinski definition) is 1. The fourth-order valence-electron chi connectivity index (χ4n) is 2.24. The highest BCUT2D eigenvalue weighted by Crippen LogP contribution is 2.22. The molecule has 19 heavy (non-hydrogen) atoms. The molecule has 0 bridgehead atoms. The molecule has 1 aromatic carbocycles. The van der Waals surface area contributed by atoms with E-state index in [9.17, 15) is 0 Å². The van der Waals surface area contributed by atoms with Gasteiger partial charge in [0.1, 0.15) is 12.4 Å². The summed E-state index contributed by atoms with van der Waals surface area (Å²) < 4.78 is 5.77. The van der Waals surface area contributed by atoms with E-state index in [0.29, 0.717) is 6.04 Å². The molecule has 0 atom stereocenters. The minimum absolute atomic E-state index is 0.505. The van der Waals surface area contributed by atoms with Crippen molar-refractivity contribution in [1.29, 1.82) is 0 Å². The van der Waals surface area contributed by atoms with Crippen molar-refractivity contribution in [3.8, 4) is 5.75 Å². The zero-order valence-electron chi connectivity index (χ0n) is 12.0. The lowest BCUT2D eigenvalue weighted by Crippen LogP contribution is -2.32. The van der Waals surface area contributed by atoms with Gasteiger partial charge in [0.2, 0.25) is 0 Å². The Kier molecular flexibility index (Phi) is 5.00. The molecule has 104 valence electrons. The van der Waals surface area contributed by atoms with E-state index in [1.54, 1.807) is 0 Å². The first-order valence-corrected chi connectivity index (χ1v) is 6.98. The second-order valence-corrected chi connectivity index (χ2v) is 5.45. The minimum Gasteiger partial charge on any atom is -0.492 e. The van der Waals surface area contributed by atoms with Gasteiger partial charge in [-0.25, -0.2) is 0 Å². The number of hydrogen-bond acceptors (Lipinski definition) is 3. The molecule has 0 saturated heterocycles. The van der Waals surface area contributed by atoms with Crippen molar-refractivity contribution >= 4 is 0 Å². The van der Waals surface area contributed by atoms with Crippen molar-refractivity contribution in [3.63, 3.8) is 0 Å². The molecule has 1 aliphatic heterocycles. The Morgan fingerprint density at radius 2 is 2.21 bits per heavy atom. The van der Waals surface area contributed by atoms with E-state index in [-0.39, 0.29) is 0 Å². The third kappa shape index (κ3) is 4.37. The Bertz CT molecular complexity index is 429. The highest BCUT2D eigenvalue weighted by atomic mass is 16.5. The SMILES string of the molecule is C=C(CNC(C)C)CN1CCOc2ccccc2C1. The van der Waals surface area contributed by atoms with Gasteiger partial charge in [0.15, 0.2) is 0 Å². The minimum atomic E-state index is 0.505. The predicted octanol–water partition coefficient (Wildman–Crippen LogP) is 2.44. The largest absolute Gasteiger partial charge is 0.492 e. The van der Waals surface area contributed by atoms with Gasteiger partial charge in [-0.2, -0.15) is 0 Å². The summed E-state index contributed by atoms with van der Waals surface area (Å²) >= 11 is 0. The van der Waals surface area contributed by atoms with Crippen LogP contribution < -0.4 is 10.1 Å². The standard InChI is InChI=1S/C16H24N2O/c1-13(2)17-10-14(3)11-18-8-9-19-16-7-5-4-6-15(16)12-18/h4-7,13,17H,3,8-12H2,1-2H3. The third-order valence-corrected chi connectivity index (χ3v) is 3.24. The summed E-state index contributed by atoms with van der Waals surface area (Å²) in [6.07, 6.45) is 0. The summed E-state index contributed by atoms with van der Waals surface area (Å²) in [4.78, 5) is 2.40. The lowest BCUT2D eigenvalue weighted by atomic mass is 10.2. The van der Waals surface area contributed by atoms with Crippen molar-refractivity contribution in [2.45, 2.75) is 26.4 Å². The molecule has 0 spiro atoms. The third-order valence-electron chi connectivity index (χ3n) is 3.24. The van der Waals surface area contributed by atoms with E-state index >= 15 is 0 Å². The summed E-state index contributed by atoms with van der Waals surface area (Å²) in [6, 6.07) is 8.79. The number of benzene rings is 1. The Morgan fingerprint density at radius 1 is 1.42 bits per heavy atom. The topological polar surface area (TPSA) is 24.5 Å². The lowest BCUT2D eigenvalue weighted by Gasteiger charge is -2.21. The second-order valence-electron chi connectivity index (χ2n) is 5.45. The van der Waals surface area contributed by atoms with E-state index in [4.69, 9.17) is 4.74 Å². The number of nitrogens with one attached hydrogen (secondary N) is 1. The zero-order valence-corrected chi connectivity index (χ0v) is 12.0. The Balaban J connectivity index is 1.90. The fourth-order valence-corrected chi connectivity index (χ4v) is 2.24. The van der Waals surface area contributed by atoms with Crippen LogP contribution in [-0.4, -0.2) is 37.2 Å². The van der Waals surface area contributed by atoms with Crippen LogP contribution in [0.2, 0.25) is 0 Å². The lowest BCUT2D eigenvalue weighted by molar-refractivity contribution is 0.238. The first-order chi connectivity index (χ1) is 9.15. The molecular formula is C16H24N2O. The number of para-hydroxylation sites is 1. The van der Waals surface area contributed by atoms with E-state index in [1.165, 1.54) is 11.1 Å². The van der Waals surface area contributed by atoms with Crippen molar-refractivity contribution in [1.82, 2.24) is 10.2 Å². The van der Waals surface area contributed by atoms with Crippen LogP contribution in [0.25, 0.3) is 0 Å². The van der Waals surface area contributed by atoms with Crippen LogP contribution in [0.15, 0.2) is 36.4 Å². The molecule has 0 fully saturated rings. The van der Waals surface area contributed by atoms with Crippen LogP contribution in [0.5, 0.6) is 5.75 Å². The van der Waals surface area contributed by atoms with E-state index in [0.717, 1.165) is 38.5 Å². The maximum atomic E-state index is 5.77. The number of rotatable bonds is 5. The van der Waals surface area contributed by atoms with Gasteiger partial charge in [-0.3, -0.25) is 4.90 Å². The van der Waals surface area contributed by atoms with Crippen molar-refractivity contribution < 1.29 is 4.74 Å². The van der Waals surface area contributed by atoms with Gasteiger partial charge < -0.3 is 10.1 Å². The van der Waals surface area contributed by atoms with Gasteiger partial charge in [-0.05, 0) is 11.6 Å². The first-order valence-electron chi connectivity index (χ1n) is 6.98. The molecule has 1 N–H and O–H groups in total. The average molecular weight is 260 g/mol. The van der Waals surface area contributed by atoms with Crippen LogP contribution in [0.3, 0.4) is 0 Å². The van der Waals surface area contributed by atoms with Gasteiger partial charge in [0.05, 0.1) is 0 Å². The zero-order chi connectivity index (χ0) is 13.7. The molecule has 0 amide bonds. The molecule has 0 radical (unpaired) electrons. The van der Waals surface area contributed by atoms with Crippen LogP contribution >= 0.6 is 0 Å². The monoisotopic (exact) mass is 260 g/mol. The Hall–Kier alpha value is -1.32.